The van der Waals surface area contributed by atoms with Crippen LogP contribution in [0.4, 0.5) is 0 Å². The van der Waals surface area contributed by atoms with Crippen LogP contribution in [0.25, 0.3) is 6.08 Å². The zero-order valence-electron chi connectivity index (χ0n) is 12.1. The number of aryl methyl sites for hydroxylation is 1. The van der Waals surface area contributed by atoms with Crippen molar-refractivity contribution in [3.05, 3.63) is 41.1 Å². The van der Waals surface area contributed by atoms with Gasteiger partial charge < -0.3 is 9.64 Å². The van der Waals surface area contributed by atoms with Crippen molar-refractivity contribution >= 4 is 35.3 Å². The Morgan fingerprint density at radius 3 is 2.52 bits per heavy atom. The molecule has 1 aliphatic rings. The minimum atomic E-state index is -0.504. The second-order valence-corrected chi connectivity index (χ2v) is 5.11. The maximum absolute atomic E-state index is 12.4. The van der Waals surface area contributed by atoms with Crippen LogP contribution in [0, 0.1) is 6.92 Å². The highest BCUT2D eigenvalue weighted by Gasteiger charge is 2.36. The Kier molecular flexibility index (Phi) is 4.37. The first-order valence-electron chi connectivity index (χ1n) is 6.38. The summed E-state index contributed by atoms with van der Waals surface area (Å²) in [6.07, 6.45) is 1.76. The number of ether oxygens (including phenoxy) is 1. The van der Waals surface area contributed by atoms with Crippen LogP contribution in [0.2, 0.25) is 0 Å². The van der Waals surface area contributed by atoms with E-state index in [1.807, 2.05) is 31.2 Å². The third-order valence-electron chi connectivity index (χ3n) is 3.24. The molecule has 1 aromatic rings. The van der Waals surface area contributed by atoms with Crippen molar-refractivity contribution in [1.82, 2.24) is 9.80 Å². The molecule has 0 spiro atoms. The van der Waals surface area contributed by atoms with E-state index in [-0.39, 0.29) is 12.5 Å². The van der Waals surface area contributed by atoms with E-state index in [9.17, 15) is 9.59 Å². The minimum Gasteiger partial charge on any atom is -0.468 e. The van der Waals surface area contributed by atoms with Gasteiger partial charge >= 0.3 is 5.97 Å². The SMILES string of the molecule is COC(=O)CN1C(=O)/C(=C/c2ccc(C)cc2)N(C)C1=S. The van der Waals surface area contributed by atoms with E-state index >= 15 is 0 Å². The third kappa shape index (κ3) is 3.11. The van der Waals surface area contributed by atoms with Crippen LogP contribution in [0.3, 0.4) is 0 Å². The van der Waals surface area contributed by atoms with Crippen molar-refractivity contribution in [2.24, 2.45) is 0 Å². The average Bonchev–Trinajstić information content (AvgIpc) is 2.67. The number of carbonyl (C=O) groups excluding carboxylic acids is 2. The van der Waals surface area contributed by atoms with Gasteiger partial charge in [0.15, 0.2) is 5.11 Å². The highest BCUT2D eigenvalue weighted by atomic mass is 32.1. The number of hydrogen-bond acceptors (Lipinski definition) is 4. The van der Waals surface area contributed by atoms with Gasteiger partial charge in [-0.3, -0.25) is 14.5 Å². The predicted molar refractivity (Wildman–Crippen MR) is 83.2 cm³/mol. The molecular formula is C15H16N2O3S. The number of thiocarbonyl (C=S) groups is 1. The highest BCUT2D eigenvalue weighted by Crippen LogP contribution is 2.22. The van der Waals surface area contributed by atoms with Crippen molar-refractivity contribution in [1.29, 1.82) is 0 Å². The van der Waals surface area contributed by atoms with Crippen LogP contribution in [0.1, 0.15) is 11.1 Å². The molecule has 1 heterocycles. The van der Waals surface area contributed by atoms with Crippen LogP contribution in [-0.4, -0.2) is 47.5 Å². The summed E-state index contributed by atoms with van der Waals surface area (Å²) in [7, 11) is 2.98. The lowest BCUT2D eigenvalue weighted by Gasteiger charge is -2.14. The molecule has 5 nitrogen and oxygen atoms in total. The Hall–Kier alpha value is -2.21. The van der Waals surface area contributed by atoms with Gasteiger partial charge in [0.25, 0.3) is 5.91 Å². The van der Waals surface area contributed by atoms with E-state index in [0.29, 0.717) is 10.8 Å². The van der Waals surface area contributed by atoms with Gasteiger partial charge in [0.2, 0.25) is 0 Å². The topological polar surface area (TPSA) is 49.9 Å². The Morgan fingerprint density at radius 1 is 1.33 bits per heavy atom. The standard InChI is InChI=1S/C15H16N2O3S/c1-10-4-6-11(7-5-10)8-12-14(19)17(9-13(18)20-3)15(21)16(12)2/h4-8H,9H2,1-3H3/b12-8-. The molecular weight excluding hydrogens is 288 g/mol. The molecule has 0 unspecified atom stereocenters. The maximum atomic E-state index is 12.4. The summed E-state index contributed by atoms with van der Waals surface area (Å²) in [5.41, 5.74) is 2.48. The smallest absolute Gasteiger partial charge is 0.325 e. The van der Waals surface area contributed by atoms with Gasteiger partial charge in [-0.05, 0) is 30.8 Å². The van der Waals surface area contributed by atoms with Crippen LogP contribution in [-0.2, 0) is 14.3 Å². The van der Waals surface area contributed by atoms with Gasteiger partial charge in [-0.15, -0.1) is 0 Å². The van der Waals surface area contributed by atoms with Crippen LogP contribution >= 0.6 is 12.2 Å². The summed E-state index contributed by atoms with van der Waals surface area (Å²) >= 11 is 5.20. The molecule has 6 heteroatoms. The zero-order valence-corrected chi connectivity index (χ0v) is 12.9. The summed E-state index contributed by atoms with van der Waals surface area (Å²) in [4.78, 5) is 26.6. The van der Waals surface area contributed by atoms with Crippen molar-refractivity contribution in [3.8, 4) is 0 Å². The van der Waals surface area contributed by atoms with Crippen LogP contribution < -0.4 is 0 Å². The van der Waals surface area contributed by atoms with Gasteiger partial charge in [-0.2, -0.15) is 0 Å². The monoisotopic (exact) mass is 304 g/mol. The highest BCUT2D eigenvalue weighted by molar-refractivity contribution is 7.80. The summed E-state index contributed by atoms with van der Waals surface area (Å²) in [5, 5.41) is 0.295. The molecule has 1 saturated heterocycles. The van der Waals surface area contributed by atoms with E-state index in [4.69, 9.17) is 12.2 Å². The number of esters is 1. The molecule has 1 fully saturated rings. The number of hydrogen-bond donors (Lipinski definition) is 0. The first-order valence-corrected chi connectivity index (χ1v) is 6.79. The van der Waals surface area contributed by atoms with Gasteiger partial charge in [0.05, 0.1) is 7.11 Å². The van der Waals surface area contributed by atoms with E-state index in [2.05, 4.69) is 4.74 Å². The summed E-state index contributed by atoms with van der Waals surface area (Å²) in [6, 6.07) is 7.79. The number of carbonyl (C=O) groups is 2. The molecule has 0 radical (unpaired) electrons. The van der Waals surface area contributed by atoms with E-state index in [0.717, 1.165) is 11.1 Å². The lowest BCUT2D eigenvalue weighted by molar-refractivity contribution is -0.143. The average molecular weight is 304 g/mol. The first-order chi connectivity index (χ1) is 9.93. The molecule has 0 aromatic heterocycles. The number of rotatable bonds is 3. The third-order valence-corrected chi connectivity index (χ3v) is 3.73. The van der Waals surface area contributed by atoms with Crippen molar-refractivity contribution < 1.29 is 14.3 Å². The molecule has 0 aliphatic carbocycles. The summed E-state index contributed by atoms with van der Waals surface area (Å²) < 4.78 is 4.58. The summed E-state index contributed by atoms with van der Waals surface area (Å²) in [5.74, 6) is -0.802. The second kappa shape index (κ2) is 6.05. The molecule has 1 aliphatic heterocycles. The Morgan fingerprint density at radius 2 is 1.95 bits per heavy atom. The molecule has 110 valence electrons. The van der Waals surface area contributed by atoms with E-state index < -0.39 is 5.97 Å². The van der Waals surface area contributed by atoms with E-state index in [1.54, 1.807) is 18.0 Å². The largest absolute Gasteiger partial charge is 0.468 e. The Balaban J connectivity index is 2.28. The maximum Gasteiger partial charge on any atom is 0.325 e. The molecule has 1 aromatic carbocycles. The second-order valence-electron chi connectivity index (χ2n) is 4.75. The van der Waals surface area contributed by atoms with E-state index in [1.165, 1.54) is 12.0 Å². The number of amides is 1. The number of benzene rings is 1. The van der Waals surface area contributed by atoms with Crippen molar-refractivity contribution in [2.45, 2.75) is 6.92 Å². The Bertz CT molecular complexity index is 622. The summed E-state index contributed by atoms with van der Waals surface area (Å²) in [6.45, 7) is 1.82. The van der Waals surface area contributed by atoms with Gasteiger partial charge in [0.1, 0.15) is 12.2 Å². The van der Waals surface area contributed by atoms with Crippen LogP contribution in [0.5, 0.6) is 0 Å². The van der Waals surface area contributed by atoms with Gasteiger partial charge in [-0.1, -0.05) is 29.8 Å². The quantitative estimate of drug-likeness (QED) is 0.482. The first kappa shape index (κ1) is 15.2. The molecule has 1 amide bonds. The molecule has 0 atom stereocenters. The number of methoxy groups -OCH3 is 1. The fourth-order valence-electron chi connectivity index (χ4n) is 1.96. The molecule has 0 N–H and O–H groups in total. The lowest BCUT2D eigenvalue weighted by atomic mass is 10.1. The molecule has 21 heavy (non-hydrogen) atoms. The minimum absolute atomic E-state index is 0.177. The van der Waals surface area contributed by atoms with Crippen LogP contribution in [0.15, 0.2) is 30.0 Å². The molecule has 2 rings (SSSR count). The van der Waals surface area contributed by atoms with Crippen molar-refractivity contribution in [2.75, 3.05) is 20.7 Å². The zero-order chi connectivity index (χ0) is 15.6. The van der Waals surface area contributed by atoms with Gasteiger partial charge in [0, 0.05) is 7.05 Å². The Labute approximate surface area is 128 Å². The fourth-order valence-corrected chi connectivity index (χ4v) is 2.21. The number of nitrogens with zero attached hydrogens (tertiary/aromatic N) is 2. The predicted octanol–water partition coefficient (Wildman–Crippen LogP) is 1.57. The molecule has 0 bridgehead atoms. The normalized spacial score (nSPS) is 16.8. The van der Waals surface area contributed by atoms with Crippen molar-refractivity contribution in [3.63, 3.8) is 0 Å². The fraction of sp³-hybridized carbons (Fsp3) is 0.267. The van der Waals surface area contributed by atoms with Gasteiger partial charge in [-0.25, -0.2) is 0 Å². The number of likely N-dealkylation sites (N-methyl/N-ethyl adjacent to an activating group) is 1. The molecule has 0 saturated carbocycles. The lowest BCUT2D eigenvalue weighted by Crippen LogP contribution is -2.36.